The molecule has 0 unspecified atom stereocenters. The molecule has 2 fully saturated rings. The van der Waals surface area contributed by atoms with Crippen molar-refractivity contribution in [2.24, 2.45) is 46.3 Å². The highest BCUT2D eigenvalue weighted by atomic mass is 14.4. The maximum absolute atomic E-state index is 2.40. The fraction of sp³-hybridized carbons (Fsp3) is 0.824. The third-order valence-electron chi connectivity index (χ3n) is 9.74. The van der Waals surface area contributed by atoms with Crippen LogP contribution in [0.4, 0.5) is 0 Å². The van der Waals surface area contributed by atoms with E-state index in [4.69, 9.17) is 0 Å². The van der Waals surface area contributed by atoms with E-state index in [0.717, 1.165) is 40.9 Å². The predicted molar refractivity (Wildman–Crippen MR) is 155 cm³/mol. The smallest absolute Gasteiger partial charge is 0.0242 e. The van der Waals surface area contributed by atoms with Gasteiger partial charge in [-0.05, 0) is 83.1 Å². The van der Waals surface area contributed by atoms with Crippen LogP contribution >= 0.6 is 0 Å². The maximum Gasteiger partial charge on any atom is -0.0242 e. The summed E-state index contributed by atoms with van der Waals surface area (Å²) in [5, 5.41) is 0. The minimum absolute atomic E-state index is 0.500. The van der Waals surface area contributed by atoms with Gasteiger partial charge in [0.1, 0.15) is 0 Å². The first-order valence-corrected chi connectivity index (χ1v) is 14.7. The van der Waals surface area contributed by atoms with E-state index < -0.39 is 0 Å². The third kappa shape index (κ3) is 10.5. The van der Waals surface area contributed by atoms with Crippen molar-refractivity contribution in [3.63, 3.8) is 0 Å². The molecule has 0 heterocycles. The summed E-state index contributed by atoms with van der Waals surface area (Å²) in [6, 6.07) is 8.86. The molecule has 0 amide bonds. The Balaban J connectivity index is 0.000000235. The number of hydrogen-bond acceptors (Lipinski definition) is 0. The SMILES string of the molecule is CC(C)C(C)(C)C.CC(C)C1(C)CCC1.CC(C)C1CCC1.CC(C)C1Cc2ccccc2C1. The Kier molecular flexibility index (Phi) is 12.9. The molecule has 0 bridgehead atoms. The van der Waals surface area contributed by atoms with Gasteiger partial charge in [0, 0.05) is 0 Å². The van der Waals surface area contributed by atoms with Gasteiger partial charge in [0.2, 0.25) is 0 Å². The fourth-order valence-electron chi connectivity index (χ4n) is 4.48. The third-order valence-corrected chi connectivity index (χ3v) is 9.74. The molecule has 0 saturated heterocycles. The van der Waals surface area contributed by atoms with Gasteiger partial charge in [-0.2, -0.15) is 0 Å². The Morgan fingerprint density at radius 2 is 1.12 bits per heavy atom. The Bertz CT molecular complexity index is 637. The highest BCUT2D eigenvalue weighted by Crippen LogP contribution is 2.46. The molecule has 4 rings (SSSR count). The van der Waals surface area contributed by atoms with Crippen LogP contribution < -0.4 is 0 Å². The number of rotatable bonds is 3. The molecule has 2 saturated carbocycles. The monoisotopic (exact) mass is 470 g/mol. The van der Waals surface area contributed by atoms with Crippen LogP contribution in [0.1, 0.15) is 133 Å². The summed E-state index contributed by atoms with van der Waals surface area (Å²) in [6.07, 6.45) is 11.5. The zero-order chi connectivity index (χ0) is 26.1. The van der Waals surface area contributed by atoms with E-state index in [1.807, 2.05) is 0 Å². The van der Waals surface area contributed by atoms with Crippen LogP contribution in [0.15, 0.2) is 24.3 Å². The van der Waals surface area contributed by atoms with Gasteiger partial charge in [0.25, 0.3) is 0 Å². The largest absolute Gasteiger partial charge is 0.0625 e. The summed E-state index contributed by atoms with van der Waals surface area (Å²) in [6.45, 7) is 27.7. The van der Waals surface area contributed by atoms with E-state index in [1.165, 1.54) is 51.4 Å². The van der Waals surface area contributed by atoms with Crippen LogP contribution in [-0.4, -0.2) is 0 Å². The van der Waals surface area contributed by atoms with Crippen molar-refractivity contribution in [3.05, 3.63) is 35.4 Å². The van der Waals surface area contributed by atoms with Gasteiger partial charge < -0.3 is 0 Å². The molecule has 0 nitrogen and oxygen atoms in total. The Labute approximate surface area is 216 Å². The van der Waals surface area contributed by atoms with Gasteiger partial charge in [-0.3, -0.25) is 0 Å². The van der Waals surface area contributed by atoms with Gasteiger partial charge in [-0.15, -0.1) is 0 Å². The van der Waals surface area contributed by atoms with Crippen molar-refractivity contribution < 1.29 is 0 Å². The van der Waals surface area contributed by atoms with E-state index in [-0.39, 0.29) is 0 Å². The molecular weight excluding hydrogens is 408 g/mol. The molecule has 34 heavy (non-hydrogen) atoms. The molecule has 0 atom stereocenters. The minimum Gasteiger partial charge on any atom is -0.0625 e. The summed E-state index contributed by atoms with van der Waals surface area (Å²) < 4.78 is 0. The number of fused-ring (bicyclic) bond motifs is 1. The first kappa shape index (κ1) is 31.3. The summed E-state index contributed by atoms with van der Waals surface area (Å²) in [5.41, 5.74) is 4.38. The predicted octanol–water partition coefficient (Wildman–Crippen LogP) is 11.0. The Morgan fingerprint density at radius 3 is 1.26 bits per heavy atom. The Hall–Kier alpha value is -0.780. The van der Waals surface area contributed by atoms with Crippen molar-refractivity contribution in [2.75, 3.05) is 0 Å². The van der Waals surface area contributed by atoms with E-state index in [0.29, 0.717) is 5.41 Å². The molecule has 0 spiro atoms. The summed E-state index contributed by atoms with van der Waals surface area (Å²) in [7, 11) is 0. The molecule has 0 N–H and O–H groups in total. The molecule has 0 aliphatic heterocycles. The molecule has 3 aliphatic carbocycles. The van der Waals surface area contributed by atoms with Gasteiger partial charge in [0.15, 0.2) is 0 Å². The molecule has 198 valence electrons. The molecule has 0 aromatic heterocycles. The zero-order valence-corrected chi connectivity index (χ0v) is 25.4. The van der Waals surface area contributed by atoms with Crippen molar-refractivity contribution >= 4 is 0 Å². The summed E-state index contributed by atoms with van der Waals surface area (Å²) in [5.74, 6) is 5.46. The average Bonchev–Trinajstić information content (AvgIpc) is 3.09. The normalized spacial score (nSPS) is 19.3. The van der Waals surface area contributed by atoms with Gasteiger partial charge >= 0.3 is 0 Å². The molecule has 3 aliphatic rings. The number of benzene rings is 1. The van der Waals surface area contributed by atoms with E-state index in [9.17, 15) is 0 Å². The molecular formula is C34H62. The first-order valence-electron chi connectivity index (χ1n) is 14.7. The number of hydrogen-bond donors (Lipinski definition) is 0. The lowest BCUT2D eigenvalue weighted by Crippen LogP contribution is -2.30. The average molecular weight is 471 g/mol. The van der Waals surface area contributed by atoms with Crippen LogP contribution in [0, 0.1) is 46.3 Å². The van der Waals surface area contributed by atoms with Crippen LogP contribution in [0.3, 0.4) is 0 Å². The second kappa shape index (κ2) is 14.1. The standard InChI is InChI=1S/C12H16.C8H16.C7H14.C7H16/c1-9(2)12-7-10-5-3-4-6-11(10)8-12;1-7(2)8(3)5-4-6-8;1-6(2)7-4-3-5-7;1-6(2)7(3,4)5/h3-6,9,12H,7-8H2,1-2H3;7H,4-6H2,1-3H3;6-7H,3-5H2,1-2H3;6H,1-5H3. The lowest BCUT2D eigenvalue weighted by Gasteiger charge is -2.42. The second-order valence-electron chi connectivity index (χ2n) is 14.3. The summed E-state index contributed by atoms with van der Waals surface area (Å²) in [4.78, 5) is 0. The van der Waals surface area contributed by atoms with Gasteiger partial charge in [-0.1, -0.05) is 133 Å². The lowest BCUT2D eigenvalue weighted by atomic mass is 9.64. The zero-order valence-electron chi connectivity index (χ0n) is 25.4. The lowest BCUT2D eigenvalue weighted by molar-refractivity contribution is 0.0934. The maximum atomic E-state index is 2.40. The quantitative estimate of drug-likeness (QED) is 0.412. The van der Waals surface area contributed by atoms with Crippen LogP contribution in [0.2, 0.25) is 0 Å². The molecule has 1 aromatic rings. The Morgan fingerprint density at radius 1 is 0.706 bits per heavy atom. The van der Waals surface area contributed by atoms with Crippen molar-refractivity contribution in [3.8, 4) is 0 Å². The van der Waals surface area contributed by atoms with E-state index in [1.54, 1.807) is 11.1 Å². The van der Waals surface area contributed by atoms with Gasteiger partial charge in [-0.25, -0.2) is 0 Å². The molecule has 1 aromatic carbocycles. The van der Waals surface area contributed by atoms with Crippen molar-refractivity contribution in [1.29, 1.82) is 0 Å². The van der Waals surface area contributed by atoms with E-state index in [2.05, 4.69) is 107 Å². The highest BCUT2D eigenvalue weighted by molar-refractivity contribution is 5.32. The van der Waals surface area contributed by atoms with Crippen molar-refractivity contribution in [1.82, 2.24) is 0 Å². The van der Waals surface area contributed by atoms with Crippen LogP contribution in [0.5, 0.6) is 0 Å². The van der Waals surface area contributed by atoms with Crippen molar-refractivity contribution in [2.45, 2.75) is 134 Å². The van der Waals surface area contributed by atoms with Gasteiger partial charge in [0.05, 0.1) is 0 Å². The van der Waals surface area contributed by atoms with Crippen LogP contribution in [0.25, 0.3) is 0 Å². The minimum atomic E-state index is 0.500. The second-order valence-corrected chi connectivity index (χ2v) is 14.3. The first-order chi connectivity index (χ1) is 15.7. The fourth-order valence-corrected chi connectivity index (χ4v) is 4.48. The molecule has 0 radical (unpaired) electrons. The van der Waals surface area contributed by atoms with Crippen LogP contribution in [-0.2, 0) is 12.8 Å². The summed E-state index contributed by atoms with van der Waals surface area (Å²) >= 11 is 0. The van der Waals surface area contributed by atoms with E-state index >= 15 is 0 Å². The highest BCUT2D eigenvalue weighted by Gasteiger charge is 2.34. The topological polar surface area (TPSA) is 0 Å². The molecule has 0 heteroatoms.